The summed E-state index contributed by atoms with van der Waals surface area (Å²) in [5.74, 6) is 1.03. The van der Waals surface area contributed by atoms with E-state index in [4.69, 9.17) is 12.2 Å². The summed E-state index contributed by atoms with van der Waals surface area (Å²) < 4.78 is 0.568. The summed E-state index contributed by atoms with van der Waals surface area (Å²) in [7, 11) is 0. The second-order valence-electron chi connectivity index (χ2n) is 3.78. The van der Waals surface area contributed by atoms with Crippen molar-refractivity contribution in [2.75, 3.05) is 0 Å². The molecule has 0 amide bonds. The van der Waals surface area contributed by atoms with E-state index in [0.29, 0.717) is 4.77 Å². The summed E-state index contributed by atoms with van der Waals surface area (Å²) in [6.45, 7) is 2.25. The lowest BCUT2D eigenvalue weighted by Gasteiger charge is -2.19. The van der Waals surface area contributed by atoms with Gasteiger partial charge < -0.3 is 0 Å². The fourth-order valence-corrected chi connectivity index (χ4v) is 2.09. The number of H-pyrrole nitrogens is 2. The maximum atomic E-state index is 4.92. The lowest BCUT2D eigenvalue weighted by atomic mass is 9.88. The van der Waals surface area contributed by atoms with E-state index in [9.17, 15) is 0 Å². The molecule has 4 heteroatoms. The van der Waals surface area contributed by atoms with Gasteiger partial charge in [-0.1, -0.05) is 19.8 Å². The molecule has 0 aliphatic heterocycles. The number of rotatable bonds is 1. The van der Waals surface area contributed by atoms with Crippen molar-refractivity contribution in [3.8, 4) is 0 Å². The highest BCUT2D eigenvalue weighted by Crippen LogP contribution is 2.38. The van der Waals surface area contributed by atoms with Crippen LogP contribution in [0, 0.1) is 4.77 Å². The van der Waals surface area contributed by atoms with E-state index < -0.39 is 0 Å². The Morgan fingerprint density at radius 3 is 2.50 bits per heavy atom. The minimum atomic E-state index is 0.244. The van der Waals surface area contributed by atoms with Crippen LogP contribution in [0.5, 0.6) is 0 Å². The molecule has 0 atom stereocenters. The van der Waals surface area contributed by atoms with E-state index in [0.717, 1.165) is 5.82 Å². The molecule has 0 spiro atoms. The third kappa shape index (κ3) is 1.20. The highest BCUT2D eigenvalue weighted by molar-refractivity contribution is 7.71. The molecule has 1 aliphatic carbocycles. The fraction of sp³-hybridized carbons (Fsp3) is 0.750. The number of nitrogens with one attached hydrogen (secondary N) is 2. The van der Waals surface area contributed by atoms with Gasteiger partial charge in [-0.25, -0.2) is 4.98 Å². The second-order valence-corrected chi connectivity index (χ2v) is 4.17. The van der Waals surface area contributed by atoms with E-state index in [-0.39, 0.29) is 5.41 Å². The minimum Gasteiger partial charge on any atom is -0.285 e. The van der Waals surface area contributed by atoms with Crippen molar-refractivity contribution in [3.63, 3.8) is 0 Å². The first-order valence-corrected chi connectivity index (χ1v) is 4.77. The molecule has 2 rings (SSSR count). The maximum Gasteiger partial charge on any atom is 0.213 e. The van der Waals surface area contributed by atoms with Crippen molar-refractivity contribution in [1.82, 2.24) is 15.2 Å². The number of hydrogen-bond acceptors (Lipinski definition) is 2. The molecule has 1 heterocycles. The quantitative estimate of drug-likeness (QED) is 0.656. The second kappa shape index (κ2) is 2.69. The van der Waals surface area contributed by atoms with E-state index in [1.54, 1.807) is 0 Å². The highest BCUT2D eigenvalue weighted by Gasteiger charge is 2.33. The van der Waals surface area contributed by atoms with Crippen LogP contribution in [0.15, 0.2) is 0 Å². The number of aromatic amines is 2. The van der Waals surface area contributed by atoms with Gasteiger partial charge in [-0.2, -0.15) is 0 Å². The van der Waals surface area contributed by atoms with Crippen LogP contribution in [0.25, 0.3) is 0 Å². The van der Waals surface area contributed by atoms with Gasteiger partial charge in [0.25, 0.3) is 0 Å². The molecule has 66 valence electrons. The molecule has 3 nitrogen and oxygen atoms in total. The molecule has 1 aromatic rings. The molecule has 12 heavy (non-hydrogen) atoms. The van der Waals surface area contributed by atoms with Crippen molar-refractivity contribution in [2.24, 2.45) is 0 Å². The largest absolute Gasteiger partial charge is 0.285 e. The van der Waals surface area contributed by atoms with Crippen molar-refractivity contribution >= 4 is 12.2 Å². The van der Waals surface area contributed by atoms with Gasteiger partial charge in [0.2, 0.25) is 4.77 Å². The van der Waals surface area contributed by atoms with Crippen LogP contribution in [-0.4, -0.2) is 15.2 Å². The summed E-state index contributed by atoms with van der Waals surface area (Å²) in [6.07, 6.45) is 5.07. The Bertz CT molecular complexity index is 319. The normalized spacial score (nSPS) is 21.4. The van der Waals surface area contributed by atoms with Crippen molar-refractivity contribution in [3.05, 3.63) is 10.6 Å². The van der Waals surface area contributed by atoms with Crippen molar-refractivity contribution in [2.45, 2.75) is 38.0 Å². The van der Waals surface area contributed by atoms with Gasteiger partial charge >= 0.3 is 0 Å². The van der Waals surface area contributed by atoms with Gasteiger partial charge in [0.15, 0.2) is 0 Å². The maximum absolute atomic E-state index is 4.92. The molecule has 0 radical (unpaired) electrons. The molecule has 1 fully saturated rings. The fourth-order valence-electron chi connectivity index (χ4n) is 1.95. The molecule has 1 aliphatic rings. The molecule has 0 unspecified atom stereocenters. The SMILES string of the molecule is CC1(c2nc(=S)[nH][nH]2)CCCC1. The zero-order chi connectivity index (χ0) is 8.60. The first-order valence-electron chi connectivity index (χ1n) is 4.36. The number of nitrogens with zero attached hydrogens (tertiary/aromatic N) is 1. The predicted octanol–water partition coefficient (Wildman–Crippen LogP) is 2.30. The summed E-state index contributed by atoms with van der Waals surface area (Å²) in [5.41, 5.74) is 0.244. The molecule has 1 saturated carbocycles. The zero-order valence-corrected chi connectivity index (χ0v) is 8.00. The minimum absolute atomic E-state index is 0.244. The van der Waals surface area contributed by atoms with Crippen LogP contribution in [0.3, 0.4) is 0 Å². The molecule has 0 aromatic carbocycles. The van der Waals surface area contributed by atoms with Crippen LogP contribution in [0.1, 0.15) is 38.4 Å². The van der Waals surface area contributed by atoms with Crippen LogP contribution >= 0.6 is 12.2 Å². The molecule has 0 bridgehead atoms. The third-order valence-electron chi connectivity index (χ3n) is 2.78. The van der Waals surface area contributed by atoms with Gasteiger partial charge in [0.05, 0.1) is 0 Å². The van der Waals surface area contributed by atoms with Gasteiger partial charge in [0, 0.05) is 5.41 Å². The van der Waals surface area contributed by atoms with Crippen LogP contribution < -0.4 is 0 Å². The van der Waals surface area contributed by atoms with E-state index in [1.165, 1.54) is 25.7 Å². The lowest BCUT2D eigenvalue weighted by Crippen LogP contribution is -2.18. The van der Waals surface area contributed by atoms with Gasteiger partial charge in [-0.05, 0) is 25.1 Å². The van der Waals surface area contributed by atoms with E-state index in [1.807, 2.05) is 0 Å². The molecular formula is C8H13N3S. The Morgan fingerprint density at radius 2 is 2.00 bits per heavy atom. The van der Waals surface area contributed by atoms with Crippen molar-refractivity contribution < 1.29 is 0 Å². The molecule has 1 aromatic heterocycles. The zero-order valence-electron chi connectivity index (χ0n) is 7.18. The van der Waals surface area contributed by atoms with E-state index >= 15 is 0 Å². The van der Waals surface area contributed by atoms with E-state index in [2.05, 4.69) is 22.1 Å². The number of hydrogen-bond donors (Lipinski definition) is 2. The number of aromatic nitrogens is 3. The van der Waals surface area contributed by atoms with Crippen LogP contribution in [-0.2, 0) is 5.41 Å². The summed E-state index contributed by atoms with van der Waals surface area (Å²) >= 11 is 4.92. The summed E-state index contributed by atoms with van der Waals surface area (Å²) in [6, 6.07) is 0. The molecular weight excluding hydrogens is 170 g/mol. The first-order chi connectivity index (χ1) is 5.71. The standard InChI is InChI=1S/C8H13N3S/c1-8(4-2-3-5-8)6-9-7(12)11-10-6/h2-5H2,1H3,(H2,9,10,11,12). The van der Waals surface area contributed by atoms with Crippen LogP contribution in [0.2, 0.25) is 0 Å². The van der Waals surface area contributed by atoms with Gasteiger partial charge in [-0.3, -0.25) is 10.2 Å². The van der Waals surface area contributed by atoms with Gasteiger partial charge in [0.1, 0.15) is 5.82 Å². The summed E-state index contributed by atoms with van der Waals surface area (Å²) in [4.78, 5) is 4.27. The predicted molar refractivity (Wildman–Crippen MR) is 49.6 cm³/mol. The Labute approximate surface area is 76.6 Å². The Hall–Kier alpha value is -0.640. The monoisotopic (exact) mass is 183 g/mol. The summed E-state index contributed by atoms with van der Waals surface area (Å²) in [5, 5.41) is 5.90. The lowest BCUT2D eigenvalue weighted by molar-refractivity contribution is 0.460. The molecule has 2 N–H and O–H groups in total. The third-order valence-corrected chi connectivity index (χ3v) is 2.97. The Morgan fingerprint density at radius 1 is 1.33 bits per heavy atom. The Kier molecular flexibility index (Phi) is 1.79. The highest BCUT2D eigenvalue weighted by atomic mass is 32.1. The first kappa shape index (κ1) is 7.98. The van der Waals surface area contributed by atoms with Crippen molar-refractivity contribution in [1.29, 1.82) is 0 Å². The van der Waals surface area contributed by atoms with Crippen LogP contribution in [0.4, 0.5) is 0 Å². The smallest absolute Gasteiger partial charge is 0.213 e. The molecule has 0 saturated heterocycles. The topological polar surface area (TPSA) is 44.5 Å². The Balaban J connectivity index is 2.34. The average molecular weight is 183 g/mol. The van der Waals surface area contributed by atoms with Gasteiger partial charge in [-0.15, -0.1) is 0 Å². The average Bonchev–Trinajstić information content (AvgIpc) is 2.59.